The molecule has 460 valence electrons. The smallest absolute Gasteiger partial charge is 0.227 e. The van der Waals surface area contributed by atoms with Gasteiger partial charge >= 0.3 is 0 Å². The van der Waals surface area contributed by atoms with E-state index in [1.54, 1.807) is 0 Å². The van der Waals surface area contributed by atoms with Gasteiger partial charge in [-0.2, -0.15) is 21.0 Å². The maximum Gasteiger partial charge on any atom is 0.227 e. The summed E-state index contributed by atoms with van der Waals surface area (Å²) in [6.07, 6.45) is 0. The topological polar surface area (TPSA) is 154 Å². The molecule has 0 atom stereocenters. The van der Waals surface area contributed by atoms with Crippen molar-refractivity contribution in [1.82, 2.24) is 28.2 Å². The third kappa shape index (κ3) is 8.33. The summed E-state index contributed by atoms with van der Waals surface area (Å²) in [5, 5.41) is 50.3. The van der Waals surface area contributed by atoms with Crippen LogP contribution < -0.4 is 0 Å². The Morgan fingerprint density at radius 1 is 0.354 bits per heavy atom. The molecule has 18 rings (SSSR count). The summed E-state index contributed by atoms with van der Waals surface area (Å²) in [5.74, 6) is 1.54. The fourth-order valence-electron chi connectivity index (χ4n) is 15.1. The second-order valence-electron chi connectivity index (χ2n) is 29.6. The summed E-state index contributed by atoms with van der Waals surface area (Å²) >= 11 is 0. The van der Waals surface area contributed by atoms with Gasteiger partial charge in [-0.3, -0.25) is 9.13 Å². The SMILES string of the molecule is CC(C)(C)c1ccc2c(c1)c1cc(C(C)(C)C)ccc1n2-c1nc(-n2c3ccc(C#N)cc3c3cc(C#N)ccc32)c2c(c1-n1c3ccc(C#N)cc3c3cc(C#N)ccc31)-c1ccccc1-c1nc3ccc(cc3o1)C(C)(C)c1ccc3c(c1)c1cc(C(C)(C)C)ccc1n3-2. The summed E-state index contributed by atoms with van der Waals surface area (Å²) in [5.41, 5.74) is 18.3. The number of hydrogen-bond acceptors (Lipinski definition) is 7. The minimum Gasteiger partial charge on any atom is -0.436 e. The van der Waals surface area contributed by atoms with Crippen LogP contribution in [0.5, 0.6) is 0 Å². The van der Waals surface area contributed by atoms with Crippen LogP contribution in [-0.4, -0.2) is 28.2 Å². The van der Waals surface area contributed by atoms with Gasteiger partial charge in [-0.15, -0.1) is 0 Å². The molecule has 11 nitrogen and oxygen atoms in total. The van der Waals surface area contributed by atoms with Crippen molar-refractivity contribution in [2.24, 2.45) is 0 Å². The Hall–Kier alpha value is -12.0. The zero-order chi connectivity index (χ0) is 66.4. The van der Waals surface area contributed by atoms with E-state index in [-0.39, 0.29) is 16.2 Å². The summed E-state index contributed by atoms with van der Waals surface area (Å²) < 4.78 is 16.5. The van der Waals surface area contributed by atoms with Crippen molar-refractivity contribution >= 4 is 98.3 Å². The van der Waals surface area contributed by atoms with Crippen LogP contribution in [0, 0.1) is 45.3 Å². The van der Waals surface area contributed by atoms with E-state index >= 15 is 0 Å². The number of nitrogens with zero attached hydrogens (tertiary/aromatic N) is 10. The minimum absolute atomic E-state index is 0.210. The third-order valence-electron chi connectivity index (χ3n) is 20.4. The largest absolute Gasteiger partial charge is 0.436 e. The van der Waals surface area contributed by atoms with Gasteiger partial charge in [-0.25, -0.2) is 9.97 Å². The first-order valence-electron chi connectivity index (χ1n) is 32.6. The maximum absolute atomic E-state index is 10.8. The first-order chi connectivity index (χ1) is 46.0. The fraction of sp³-hybridized carbons (Fsp3) is 0.176. The first kappa shape index (κ1) is 57.8. The number of hydrogen-bond donors (Lipinski definition) is 0. The molecule has 0 N–H and O–H groups in total. The molecular weight excluding hydrogens is 1180 g/mol. The number of oxazole rings is 1. The van der Waals surface area contributed by atoms with E-state index in [9.17, 15) is 21.0 Å². The van der Waals surface area contributed by atoms with Gasteiger partial charge in [0.2, 0.25) is 5.89 Å². The first-order valence-corrected chi connectivity index (χ1v) is 32.6. The lowest BCUT2D eigenvalue weighted by Crippen LogP contribution is -2.19. The summed E-state index contributed by atoms with van der Waals surface area (Å²) in [6.45, 7) is 24.9. The average molecular weight is 1240 g/mol. The Labute approximate surface area is 554 Å². The number of fused-ring (bicyclic) bond motifs is 11. The van der Waals surface area contributed by atoms with Gasteiger partial charge in [0.15, 0.2) is 17.2 Å². The van der Waals surface area contributed by atoms with Gasteiger partial charge in [0, 0.05) is 59.6 Å². The molecule has 0 radical (unpaired) electrons. The molecule has 10 aromatic carbocycles. The molecule has 11 heteroatoms. The molecule has 16 aromatic rings. The van der Waals surface area contributed by atoms with Crippen molar-refractivity contribution < 1.29 is 4.42 Å². The van der Waals surface area contributed by atoms with Gasteiger partial charge in [0.05, 0.1) is 90.7 Å². The van der Waals surface area contributed by atoms with Gasteiger partial charge < -0.3 is 13.6 Å². The lowest BCUT2D eigenvalue weighted by atomic mass is 9.77. The summed E-state index contributed by atoms with van der Waals surface area (Å²) in [6, 6.07) is 75.4. The number of aromatic nitrogens is 6. The predicted octanol–water partition coefficient (Wildman–Crippen LogP) is 21.0. The lowest BCUT2D eigenvalue weighted by Gasteiger charge is -2.28. The molecule has 7 bridgehead atoms. The van der Waals surface area contributed by atoms with Crippen molar-refractivity contribution in [3.8, 4) is 69.9 Å². The van der Waals surface area contributed by atoms with E-state index < -0.39 is 5.41 Å². The van der Waals surface area contributed by atoms with Crippen LogP contribution in [0.3, 0.4) is 0 Å². The second kappa shape index (κ2) is 20.0. The molecule has 6 aromatic heterocycles. The Balaban J connectivity index is 1.22. The molecule has 0 spiro atoms. The molecule has 2 aliphatic rings. The standard InChI is InChI=1S/C85H64N10O/c1-82(2,3)51-21-30-69-62(38-51)65-41-54-24-33-70(65)93(69)78-76(56-14-12-13-15-57(56)81-90-66-25-20-55(85(54,10)11)42-75(66)96-81)77(92-67-26-16-47(43-86)34-58(67)59-35-48(44-87)17-27-68(59)92)80(91-79(78)94-71-28-18-49(45-88)36-60(71)61-37-50(46-89)19-29-72(61)94)95-73-31-22-52(83(4,5)6)39-63(73)64-40-53(84(7,8)9)23-32-74(64)95/h12-42H,1-11H3. The molecule has 0 amide bonds. The zero-order valence-electron chi connectivity index (χ0n) is 55.3. The van der Waals surface area contributed by atoms with Crippen molar-refractivity contribution in [2.75, 3.05) is 0 Å². The molecular formula is C85H64N10O. The third-order valence-corrected chi connectivity index (χ3v) is 20.4. The van der Waals surface area contributed by atoms with Crippen LogP contribution >= 0.6 is 0 Å². The van der Waals surface area contributed by atoms with Gasteiger partial charge in [-0.05, 0) is 189 Å². The molecule has 0 saturated heterocycles. The highest BCUT2D eigenvalue weighted by Crippen LogP contribution is 2.53. The number of nitriles is 4. The van der Waals surface area contributed by atoms with E-state index in [4.69, 9.17) is 14.4 Å². The molecule has 0 saturated carbocycles. The van der Waals surface area contributed by atoms with Crippen LogP contribution in [0.2, 0.25) is 0 Å². The van der Waals surface area contributed by atoms with Crippen molar-refractivity contribution in [3.63, 3.8) is 0 Å². The highest BCUT2D eigenvalue weighted by atomic mass is 16.3. The van der Waals surface area contributed by atoms with Crippen molar-refractivity contribution in [2.45, 2.75) is 97.8 Å². The molecule has 2 aliphatic heterocycles. The quantitative estimate of drug-likeness (QED) is 0.171. The number of benzene rings is 10. The fourth-order valence-corrected chi connectivity index (χ4v) is 15.1. The predicted molar refractivity (Wildman–Crippen MR) is 387 cm³/mol. The zero-order valence-corrected chi connectivity index (χ0v) is 55.3. The van der Waals surface area contributed by atoms with Crippen molar-refractivity contribution in [1.29, 1.82) is 21.0 Å². The average Bonchev–Trinajstić information content (AvgIpc) is 1.49. The van der Waals surface area contributed by atoms with Crippen LogP contribution in [0.25, 0.3) is 144 Å². The number of pyridine rings is 1. The lowest BCUT2D eigenvalue weighted by molar-refractivity contribution is 0.590. The van der Waals surface area contributed by atoms with E-state index in [0.717, 1.165) is 115 Å². The van der Waals surface area contributed by atoms with Gasteiger partial charge in [0.1, 0.15) is 16.9 Å². The minimum atomic E-state index is -0.513. The Kier molecular flexibility index (Phi) is 12.1. The van der Waals surface area contributed by atoms with E-state index in [2.05, 4.69) is 228 Å². The van der Waals surface area contributed by atoms with Crippen LogP contribution in [0.1, 0.15) is 126 Å². The second-order valence-corrected chi connectivity index (χ2v) is 29.6. The molecule has 96 heavy (non-hydrogen) atoms. The van der Waals surface area contributed by atoms with Crippen LogP contribution in [-0.2, 0) is 21.7 Å². The molecule has 8 heterocycles. The van der Waals surface area contributed by atoms with E-state index in [1.165, 1.54) is 16.7 Å². The monoisotopic (exact) mass is 1240 g/mol. The van der Waals surface area contributed by atoms with Crippen LogP contribution in [0.15, 0.2) is 192 Å². The normalized spacial score (nSPS) is 13.2. The van der Waals surface area contributed by atoms with Crippen LogP contribution in [0.4, 0.5) is 0 Å². The van der Waals surface area contributed by atoms with Gasteiger partial charge in [0.25, 0.3) is 0 Å². The van der Waals surface area contributed by atoms with E-state index in [1.807, 2.05) is 78.9 Å². The Morgan fingerprint density at radius 2 is 0.688 bits per heavy atom. The molecule has 0 fully saturated rings. The highest BCUT2D eigenvalue weighted by molar-refractivity contribution is 6.17. The Bertz CT molecular complexity index is 6140. The maximum atomic E-state index is 10.8. The molecule has 0 aliphatic carbocycles. The molecule has 0 unspecified atom stereocenters. The summed E-state index contributed by atoms with van der Waals surface area (Å²) in [7, 11) is 0. The van der Waals surface area contributed by atoms with Crippen molar-refractivity contribution in [3.05, 3.63) is 238 Å². The van der Waals surface area contributed by atoms with Gasteiger partial charge in [-0.1, -0.05) is 125 Å². The highest BCUT2D eigenvalue weighted by Gasteiger charge is 2.36. The van der Waals surface area contributed by atoms with E-state index in [0.29, 0.717) is 62.3 Å². The number of rotatable bonds is 3. The summed E-state index contributed by atoms with van der Waals surface area (Å²) in [4.78, 5) is 12.0. The Morgan fingerprint density at radius 3 is 1.08 bits per heavy atom.